The maximum Gasteiger partial charge on any atom is 0.0110 e. The van der Waals surface area contributed by atoms with E-state index in [0.29, 0.717) is 6.04 Å². The lowest BCUT2D eigenvalue weighted by Gasteiger charge is -2.32. The van der Waals surface area contributed by atoms with Crippen LogP contribution in [0.4, 0.5) is 0 Å². The summed E-state index contributed by atoms with van der Waals surface area (Å²) in [6.45, 7) is 8.36. The van der Waals surface area contributed by atoms with Gasteiger partial charge in [-0.3, -0.25) is 0 Å². The second-order valence-electron chi connectivity index (χ2n) is 7.31. The fraction of sp³-hybridized carbons (Fsp3) is 1.00. The van der Waals surface area contributed by atoms with Crippen LogP contribution in [0.5, 0.6) is 0 Å². The molecule has 1 atom stereocenters. The Kier molecular flexibility index (Phi) is 12.1. The van der Waals surface area contributed by atoms with E-state index in [1.54, 1.807) is 0 Å². The molecule has 1 rings (SSSR count). The molecule has 0 aromatic carbocycles. The average Bonchev–Trinajstić information content (AvgIpc) is 2.53. The maximum absolute atomic E-state index is 6.28. The van der Waals surface area contributed by atoms with E-state index in [4.69, 9.17) is 5.73 Å². The SMILES string of the molecule is CCCCCCCCCCCC(N)CCN1CCN(C)CC1. The molecule has 0 radical (unpaired) electrons. The Hall–Kier alpha value is -0.120. The third kappa shape index (κ3) is 10.6. The minimum absolute atomic E-state index is 0.421. The molecule has 1 aliphatic rings. The van der Waals surface area contributed by atoms with Crippen LogP contribution in [0.3, 0.4) is 0 Å². The summed E-state index contributed by atoms with van der Waals surface area (Å²) in [5, 5.41) is 0. The predicted octanol–water partition coefficient (Wildman–Crippen LogP) is 3.87. The Morgan fingerprint density at radius 1 is 0.773 bits per heavy atom. The molecule has 3 nitrogen and oxygen atoms in total. The summed E-state index contributed by atoms with van der Waals surface area (Å²) in [6, 6.07) is 0.421. The van der Waals surface area contributed by atoms with Crippen LogP contribution in [0.2, 0.25) is 0 Å². The summed E-state index contributed by atoms with van der Waals surface area (Å²) in [7, 11) is 2.22. The van der Waals surface area contributed by atoms with Gasteiger partial charge in [0.2, 0.25) is 0 Å². The molecule has 0 aromatic rings. The van der Waals surface area contributed by atoms with Gasteiger partial charge in [-0.05, 0) is 26.4 Å². The zero-order valence-electron chi connectivity index (χ0n) is 15.4. The molecule has 132 valence electrons. The Labute approximate surface area is 139 Å². The summed E-state index contributed by atoms with van der Waals surface area (Å²) >= 11 is 0. The fourth-order valence-electron chi connectivity index (χ4n) is 3.28. The third-order valence-corrected chi connectivity index (χ3v) is 5.09. The van der Waals surface area contributed by atoms with Crippen LogP contribution < -0.4 is 5.73 Å². The standard InChI is InChI=1S/C19H41N3/c1-3-4-5-6-7-8-9-10-11-12-19(20)13-14-22-17-15-21(2)16-18-22/h19H,3-18,20H2,1-2H3. The van der Waals surface area contributed by atoms with E-state index in [9.17, 15) is 0 Å². The molecular weight excluding hydrogens is 270 g/mol. The van der Waals surface area contributed by atoms with E-state index in [-0.39, 0.29) is 0 Å². The first-order valence-electron chi connectivity index (χ1n) is 9.89. The molecule has 1 aliphatic heterocycles. The highest BCUT2D eigenvalue weighted by Gasteiger charge is 2.14. The number of nitrogens with two attached hydrogens (primary N) is 1. The lowest BCUT2D eigenvalue weighted by atomic mass is 10.0. The largest absolute Gasteiger partial charge is 0.328 e. The summed E-state index contributed by atoms with van der Waals surface area (Å²) in [4.78, 5) is 4.99. The van der Waals surface area contributed by atoms with E-state index < -0.39 is 0 Å². The highest BCUT2D eigenvalue weighted by atomic mass is 15.2. The van der Waals surface area contributed by atoms with Crippen molar-refractivity contribution in [2.75, 3.05) is 39.8 Å². The van der Waals surface area contributed by atoms with Crippen molar-refractivity contribution in [1.82, 2.24) is 9.80 Å². The van der Waals surface area contributed by atoms with Gasteiger partial charge in [-0.25, -0.2) is 0 Å². The van der Waals surface area contributed by atoms with Crippen LogP contribution in [-0.2, 0) is 0 Å². The number of likely N-dealkylation sites (N-methyl/N-ethyl adjacent to an activating group) is 1. The molecule has 0 bridgehead atoms. The molecule has 1 heterocycles. The second-order valence-corrected chi connectivity index (χ2v) is 7.31. The van der Waals surface area contributed by atoms with Crippen molar-refractivity contribution < 1.29 is 0 Å². The molecule has 1 fully saturated rings. The fourth-order valence-corrected chi connectivity index (χ4v) is 3.28. The van der Waals surface area contributed by atoms with Crippen LogP contribution in [0, 0.1) is 0 Å². The molecule has 0 amide bonds. The van der Waals surface area contributed by atoms with Crippen molar-refractivity contribution >= 4 is 0 Å². The number of hydrogen-bond donors (Lipinski definition) is 1. The molecule has 0 aliphatic carbocycles. The normalized spacial score (nSPS) is 18.7. The maximum atomic E-state index is 6.28. The first-order valence-corrected chi connectivity index (χ1v) is 9.89. The molecular formula is C19H41N3. The number of rotatable bonds is 13. The number of piperazine rings is 1. The quantitative estimate of drug-likeness (QED) is 0.524. The molecule has 0 spiro atoms. The zero-order valence-corrected chi connectivity index (χ0v) is 15.4. The highest BCUT2D eigenvalue weighted by molar-refractivity contribution is 4.71. The van der Waals surface area contributed by atoms with Crippen LogP contribution >= 0.6 is 0 Å². The van der Waals surface area contributed by atoms with Crippen LogP contribution in [0.1, 0.15) is 77.6 Å². The van der Waals surface area contributed by atoms with Gasteiger partial charge in [-0.15, -0.1) is 0 Å². The Morgan fingerprint density at radius 2 is 1.32 bits per heavy atom. The number of nitrogens with zero attached hydrogens (tertiary/aromatic N) is 2. The lowest BCUT2D eigenvalue weighted by molar-refractivity contribution is 0.150. The van der Waals surface area contributed by atoms with E-state index in [1.165, 1.54) is 103 Å². The Morgan fingerprint density at radius 3 is 1.91 bits per heavy atom. The summed E-state index contributed by atoms with van der Waals surface area (Å²) in [5.41, 5.74) is 6.28. The van der Waals surface area contributed by atoms with Gasteiger partial charge in [0.05, 0.1) is 0 Å². The van der Waals surface area contributed by atoms with Gasteiger partial charge in [-0.2, -0.15) is 0 Å². The monoisotopic (exact) mass is 311 g/mol. The van der Waals surface area contributed by atoms with Gasteiger partial charge < -0.3 is 15.5 Å². The summed E-state index contributed by atoms with van der Waals surface area (Å²) in [5.74, 6) is 0. The Balaban J connectivity index is 1.84. The lowest BCUT2D eigenvalue weighted by Crippen LogP contribution is -2.45. The predicted molar refractivity (Wildman–Crippen MR) is 98.4 cm³/mol. The summed E-state index contributed by atoms with van der Waals surface area (Å²) < 4.78 is 0. The van der Waals surface area contributed by atoms with Crippen LogP contribution in [0.15, 0.2) is 0 Å². The van der Waals surface area contributed by atoms with Gasteiger partial charge in [0.25, 0.3) is 0 Å². The van der Waals surface area contributed by atoms with Gasteiger partial charge >= 0.3 is 0 Å². The topological polar surface area (TPSA) is 32.5 Å². The highest BCUT2D eigenvalue weighted by Crippen LogP contribution is 2.12. The Bertz CT molecular complexity index is 237. The average molecular weight is 312 g/mol. The molecule has 1 saturated heterocycles. The van der Waals surface area contributed by atoms with Gasteiger partial charge in [0.1, 0.15) is 0 Å². The van der Waals surface area contributed by atoms with Crippen molar-refractivity contribution in [3.63, 3.8) is 0 Å². The van der Waals surface area contributed by atoms with Crippen molar-refractivity contribution in [3.8, 4) is 0 Å². The molecule has 1 unspecified atom stereocenters. The van der Waals surface area contributed by atoms with E-state index in [2.05, 4.69) is 23.8 Å². The molecule has 0 aromatic heterocycles. The molecule has 22 heavy (non-hydrogen) atoms. The van der Waals surface area contributed by atoms with E-state index in [1.807, 2.05) is 0 Å². The third-order valence-electron chi connectivity index (χ3n) is 5.09. The zero-order chi connectivity index (χ0) is 16.0. The van der Waals surface area contributed by atoms with Crippen LogP contribution in [0.25, 0.3) is 0 Å². The van der Waals surface area contributed by atoms with Gasteiger partial charge in [0, 0.05) is 32.2 Å². The molecule has 2 N–H and O–H groups in total. The van der Waals surface area contributed by atoms with E-state index in [0.717, 1.165) is 0 Å². The van der Waals surface area contributed by atoms with Gasteiger partial charge in [-0.1, -0.05) is 64.7 Å². The first-order chi connectivity index (χ1) is 10.7. The van der Waals surface area contributed by atoms with Crippen molar-refractivity contribution in [3.05, 3.63) is 0 Å². The summed E-state index contributed by atoms with van der Waals surface area (Å²) in [6.07, 6.45) is 15.1. The smallest absolute Gasteiger partial charge is 0.0110 e. The van der Waals surface area contributed by atoms with E-state index >= 15 is 0 Å². The first kappa shape index (κ1) is 19.9. The van der Waals surface area contributed by atoms with Crippen LogP contribution in [-0.4, -0.2) is 55.6 Å². The second kappa shape index (κ2) is 13.3. The molecule has 0 saturated carbocycles. The van der Waals surface area contributed by atoms with Crippen molar-refractivity contribution in [2.45, 2.75) is 83.6 Å². The molecule has 3 heteroatoms. The minimum atomic E-state index is 0.421. The van der Waals surface area contributed by atoms with Crippen molar-refractivity contribution in [2.24, 2.45) is 5.73 Å². The minimum Gasteiger partial charge on any atom is -0.328 e. The number of hydrogen-bond acceptors (Lipinski definition) is 3. The van der Waals surface area contributed by atoms with Crippen molar-refractivity contribution in [1.29, 1.82) is 0 Å². The van der Waals surface area contributed by atoms with Gasteiger partial charge in [0.15, 0.2) is 0 Å². The number of unbranched alkanes of at least 4 members (excludes halogenated alkanes) is 8.